The van der Waals surface area contributed by atoms with E-state index in [9.17, 15) is 9.18 Å². The van der Waals surface area contributed by atoms with Crippen LogP contribution in [0.2, 0.25) is 0 Å². The van der Waals surface area contributed by atoms with Crippen LogP contribution in [0.15, 0.2) is 30.3 Å². The van der Waals surface area contributed by atoms with Crippen LogP contribution in [0, 0.1) is 19.7 Å². The van der Waals surface area contributed by atoms with E-state index < -0.39 is 0 Å². The Labute approximate surface area is 154 Å². The van der Waals surface area contributed by atoms with Crippen LogP contribution in [-0.2, 0) is 4.74 Å². The lowest BCUT2D eigenvalue weighted by molar-refractivity contribution is -0.0275. The maximum Gasteiger partial charge on any atom is 0.178 e. The van der Waals surface area contributed by atoms with Gasteiger partial charge in [-0.05, 0) is 51.5 Å². The predicted octanol–water partition coefficient (Wildman–Crippen LogP) is 4.08. The standard InChI is InChI=1S/C21H27FN2O2/c1-14(2)24-15(3)11-19(16(24)4)20(25)12-23-9-10-26-21(13-23)17-5-7-18(22)8-6-17/h5-8,11,14,21H,9-10,12-13H2,1-4H3. The molecule has 1 aliphatic rings. The molecule has 1 fully saturated rings. The summed E-state index contributed by atoms with van der Waals surface area (Å²) in [7, 11) is 0. The van der Waals surface area contributed by atoms with Crippen LogP contribution in [0.3, 0.4) is 0 Å². The van der Waals surface area contributed by atoms with Crippen molar-refractivity contribution < 1.29 is 13.9 Å². The van der Waals surface area contributed by atoms with Crippen LogP contribution in [-0.4, -0.2) is 41.5 Å². The smallest absolute Gasteiger partial charge is 0.178 e. The summed E-state index contributed by atoms with van der Waals surface area (Å²) in [5, 5.41) is 0. The first-order chi connectivity index (χ1) is 12.4. The Morgan fingerprint density at radius 1 is 1.27 bits per heavy atom. The lowest BCUT2D eigenvalue weighted by atomic mass is 10.1. The third kappa shape index (κ3) is 3.89. The van der Waals surface area contributed by atoms with E-state index >= 15 is 0 Å². The van der Waals surface area contributed by atoms with Crippen molar-refractivity contribution in [2.24, 2.45) is 0 Å². The zero-order valence-corrected chi connectivity index (χ0v) is 16.0. The molecule has 0 aliphatic carbocycles. The number of aryl methyl sites for hydroxylation is 1. The van der Waals surface area contributed by atoms with Crippen LogP contribution in [0.25, 0.3) is 0 Å². The highest BCUT2D eigenvalue weighted by Crippen LogP contribution is 2.24. The van der Waals surface area contributed by atoms with Gasteiger partial charge in [-0.3, -0.25) is 9.69 Å². The molecule has 0 spiro atoms. The number of carbonyl (C=O) groups excluding carboxylic acids is 1. The Morgan fingerprint density at radius 3 is 2.58 bits per heavy atom. The summed E-state index contributed by atoms with van der Waals surface area (Å²) < 4.78 is 21.1. The van der Waals surface area contributed by atoms with Crippen LogP contribution in [0.4, 0.5) is 4.39 Å². The van der Waals surface area contributed by atoms with Gasteiger partial charge < -0.3 is 9.30 Å². The number of nitrogens with zero attached hydrogens (tertiary/aromatic N) is 2. The summed E-state index contributed by atoms with van der Waals surface area (Å²) in [6, 6.07) is 8.73. The number of benzene rings is 1. The van der Waals surface area contributed by atoms with Gasteiger partial charge in [0.15, 0.2) is 5.78 Å². The summed E-state index contributed by atoms with van der Waals surface area (Å²) in [6.07, 6.45) is -0.125. The summed E-state index contributed by atoms with van der Waals surface area (Å²) in [6.45, 7) is 10.6. The van der Waals surface area contributed by atoms with Gasteiger partial charge in [0.2, 0.25) is 0 Å². The number of halogens is 1. The molecule has 3 rings (SSSR count). The molecule has 1 unspecified atom stereocenters. The molecule has 4 nitrogen and oxygen atoms in total. The van der Waals surface area contributed by atoms with Gasteiger partial charge in [0.05, 0.1) is 19.3 Å². The monoisotopic (exact) mass is 358 g/mol. The second-order valence-corrected chi connectivity index (χ2v) is 7.32. The number of hydrogen-bond donors (Lipinski definition) is 0. The highest BCUT2D eigenvalue weighted by molar-refractivity contribution is 5.99. The van der Waals surface area contributed by atoms with Crippen LogP contribution in [0.1, 0.15) is 53.3 Å². The Bertz CT molecular complexity index is 780. The number of Topliss-reactive ketones (excluding diaryl/α,β-unsaturated/α-hetero) is 1. The molecule has 1 saturated heterocycles. The zero-order valence-electron chi connectivity index (χ0n) is 16.0. The molecule has 0 N–H and O–H groups in total. The number of ketones is 1. The molecule has 1 aromatic heterocycles. The lowest BCUT2D eigenvalue weighted by Gasteiger charge is -2.32. The second kappa shape index (κ2) is 7.72. The second-order valence-electron chi connectivity index (χ2n) is 7.32. The molecule has 1 atom stereocenters. The Balaban J connectivity index is 1.69. The largest absolute Gasteiger partial charge is 0.371 e. The molecule has 26 heavy (non-hydrogen) atoms. The van der Waals surface area contributed by atoms with Crippen LogP contribution >= 0.6 is 0 Å². The van der Waals surface area contributed by atoms with Crippen LogP contribution < -0.4 is 0 Å². The average Bonchev–Trinajstić information content (AvgIpc) is 2.90. The zero-order chi connectivity index (χ0) is 18.8. The van der Waals surface area contributed by atoms with E-state index in [1.165, 1.54) is 12.1 Å². The van der Waals surface area contributed by atoms with Gasteiger partial charge in [0.1, 0.15) is 5.82 Å². The first kappa shape index (κ1) is 18.8. The minimum Gasteiger partial charge on any atom is -0.371 e. The molecule has 2 aromatic rings. The molecule has 2 heterocycles. The number of ether oxygens (including phenoxy) is 1. The fraction of sp³-hybridized carbons (Fsp3) is 0.476. The Hall–Kier alpha value is -1.98. The van der Waals surface area contributed by atoms with Gasteiger partial charge in [0.25, 0.3) is 0 Å². The Morgan fingerprint density at radius 2 is 1.96 bits per heavy atom. The summed E-state index contributed by atoms with van der Waals surface area (Å²) in [5.41, 5.74) is 3.90. The fourth-order valence-corrected chi connectivity index (χ4v) is 3.87. The van der Waals surface area contributed by atoms with Crippen molar-refractivity contribution in [2.75, 3.05) is 26.2 Å². The summed E-state index contributed by atoms with van der Waals surface area (Å²) in [4.78, 5) is 15.0. The van der Waals surface area contributed by atoms with E-state index in [2.05, 4.69) is 23.3 Å². The summed E-state index contributed by atoms with van der Waals surface area (Å²) in [5.74, 6) is -0.109. The lowest BCUT2D eigenvalue weighted by Crippen LogP contribution is -2.41. The number of hydrogen-bond acceptors (Lipinski definition) is 3. The molecule has 0 amide bonds. The molecule has 140 valence electrons. The van der Waals surface area contributed by atoms with E-state index in [1.54, 1.807) is 12.1 Å². The molecular formula is C21H27FN2O2. The van der Waals surface area contributed by atoms with Crippen molar-refractivity contribution >= 4 is 5.78 Å². The third-order valence-electron chi connectivity index (χ3n) is 5.06. The number of carbonyl (C=O) groups is 1. The van der Waals surface area contributed by atoms with E-state index in [0.717, 1.165) is 29.1 Å². The van der Waals surface area contributed by atoms with E-state index in [4.69, 9.17) is 4.74 Å². The van der Waals surface area contributed by atoms with Crippen molar-refractivity contribution in [3.05, 3.63) is 58.7 Å². The van der Waals surface area contributed by atoms with E-state index in [1.807, 2.05) is 19.9 Å². The SMILES string of the molecule is Cc1cc(C(=O)CN2CCOC(c3ccc(F)cc3)C2)c(C)n1C(C)C. The molecule has 1 aromatic carbocycles. The van der Waals surface area contributed by atoms with Crippen molar-refractivity contribution in [3.8, 4) is 0 Å². The van der Waals surface area contributed by atoms with Crippen molar-refractivity contribution in [1.29, 1.82) is 0 Å². The first-order valence-electron chi connectivity index (χ1n) is 9.18. The number of rotatable bonds is 5. The van der Waals surface area contributed by atoms with Gasteiger partial charge >= 0.3 is 0 Å². The van der Waals surface area contributed by atoms with Gasteiger partial charge in [-0.1, -0.05) is 12.1 Å². The molecular weight excluding hydrogens is 331 g/mol. The number of aromatic nitrogens is 1. The Kier molecular flexibility index (Phi) is 5.58. The average molecular weight is 358 g/mol. The maximum absolute atomic E-state index is 13.1. The molecule has 0 bridgehead atoms. The molecule has 1 aliphatic heterocycles. The van der Waals surface area contributed by atoms with Crippen molar-refractivity contribution in [1.82, 2.24) is 9.47 Å². The number of morpholine rings is 1. The van der Waals surface area contributed by atoms with Gasteiger partial charge in [-0.2, -0.15) is 0 Å². The van der Waals surface area contributed by atoms with E-state index in [0.29, 0.717) is 25.7 Å². The quantitative estimate of drug-likeness (QED) is 0.756. The van der Waals surface area contributed by atoms with Gasteiger partial charge in [0, 0.05) is 36.1 Å². The van der Waals surface area contributed by atoms with Gasteiger partial charge in [-0.15, -0.1) is 0 Å². The topological polar surface area (TPSA) is 34.5 Å². The fourth-order valence-electron chi connectivity index (χ4n) is 3.87. The first-order valence-corrected chi connectivity index (χ1v) is 9.18. The minimum atomic E-state index is -0.253. The maximum atomic E-state index is 13.1. The highest BCUT2D eigenvalue weighted by atomic mass is 19.1. The predicted molar refractivity (Wildman–Crippen MR) is 100 cm³/mol. The molecule has 5 heteroatoms. The van der Waals surface area contributed by atoms with Gasteiger partial charge in [-0.25, -0.2) is 4.39 Å². The molecule has 0 saturated carbocycles. The third-order valence-corrected chi connectivity index (χ3v) is 5.06. The van der Waals surface area contributed by atoms with Crippen LogP contribution in [0.5, 0.6) is 0 Å². The van der Waals surface area contributed by atoms with Crippen molar-refractivity contribution in [3.63, 3.8) is 0 Å². The normalized spacial score (nSPS) is 18.5. The van der Waals surface area contributed by atoms with Crippen molar-refractivity contribution in [2.45, 2.75) is 39.8 Å². The minimum absolute atomic E-state index is 0.125. The van der Waals surface area contributed by atoms with E-state index in [-0.39, 0.29) is 17.7 Å². The molecule has 0 radical (unpaired) electrons. The highest BCUT2D eigenvalue weighted by Gasteiger charge is 2.25. The summed E-state index contributed by atoms with van der Waals surface area (Å²) >= 11 is 0.